The number of aryl methyl sites for hydroxylation is 2. The van der Waals surface area contributed by atoms with Crippen LogP contribution in [0.2, 0.25) is 0 Å². The van der Waals surface area contributed by atoms with Gasteiger partial charge in [-0.15, -0.1) is 0 Å². The Labute approximate surface area is 168 Å². The van der Waals surface area contributed by atoms with Crippen molar-refractivity contribution in [3.05, 3.63) is 41.2 Å². The fourth-order valence-electron chi connectivity index (χ4n) is 1.71. The number of nitrogens with zero attached hydrogens (tertiary/aromatic N) is 1. The predicted molar refractivity (Wildman–Crippen MR) is 108 cm³/mol. The molecule has 0 aliphatic rings. The second kappa shape index (κ2) is 10.7. The first-order valence-corrected chi connectivity index (χ1v) is 11.3. The molecule has 0 saturated heterocycles. The first kappa shape index (κ1) is 26.2. The zero-order chi connectivity index (χ0) is 23.0. The highest BCUT2D eigenvalue weighted by Gasteiger charge is 2.15. The van der Waals surface area contributed by atoms with Gasteiger partial charge in [0, 0.05) is 5.56 Å². The molecular weight excluding hydrogens is 426 g/mol. The van der Waals surface area contributed by atoms with Crippen molar-refractivity contribution in [2.75, 3.05) is 12.5 Å². The van der Waals surface area contributed by atoms with E-state index in [0.717, 1.165) is 11.1 Å². The Morgan fingerprint density at radius 1 is 1.07 bits per heavy atom. The summed E-state index contributed by atoms with van der Waals surface area (Å²) in [5.74, 6) is -0.238. The molecule has 1 aromatic heterocycles. The maximum Gasteiger partial charge on any atom is 0.276 e. The SMILES string of the molecule is CS(=O)(=O)O.CS(=O)(=O)O.Cc1ccc(-c2nc(C)c(C(=O)NC(=N)N)[nH]2)cc1. The number of hydrogen-bond acceptors (Lipinski definition) is 7. The lowest BCUT2D eigenvalue weighted by molar-refractivity contribution is 0.0971. The van der Waals surface area contributed by atoms with Gasteiger partial charge in [-0.05, 0) is 13.8 Å². The minimum Gasteiger partial charge on any atom is -0.370 e. The van der Waals surface area contributed by atoms with E-state index in [9.17, 15) is 21.6 Å². The van der Waals surface area contributed by atoms with Crippen molar-refractivity contribution in [2.24, 2.45) is 5.73 Å². The van der Waals surface area contributed by atoms with Crippen molar-refractivity contribution in [3.8, 4) is 11.4 Å². The zero-order valence-corrected chi connectivity index (χ0v) is 17.7. The molecule has 2 rings (SSSR count). The van der Waals surface area contributed by atoms with Gasteiger partial charge in [-0.3, -0.25) is 24.6 Å². The number of H-pyrrole nitrogens is 1. The highest BCUT2D eigenvalue weighted by molar-refractivity contribution is 7.85. The molecule has 0 aliphatic carbocycles. The van der Waals surface area contributed by atoms with Crippen LogP contribution in [0.1, 0.15) is 21.7 Å². The summed E-state index contributed by atoms with van der Waals surface area (Å²) >= 11 is 0. The van der Waals surface area contributed by atoms with Gasteiger partial charge in [0.15, 0.2) is 5.96 Å². The second-order valence-electron chi connectivity index (χ2n) is 5.75. The van der Waals surface area contributed by atoms with Crippen molar-refractivity contribution in [2.45, 2.75) is 13.8 Å². The molecule has 0 fully saturated rings. The molecule has 1 heterocycles. The molecule has 0 saturated carbocycles. The van der Waals surface area contributed by atoms with Crippen molar-refractivity contribution < 1.29 is 30.7 Å². The zero-order valence-electron chi connectivity index (χ0n) is 16.1. The predicted octanol–water partition coefficient (Wildman–Crippen LogP) is 0.325. The summed E-state index contributed by atoms with van der Waals surface area (Å²) in [4.78, 5) is 19.0. The number of nitrogens with one attached hydrogen (secondary N) is 3. The Morgan fingerprint density at radius 2 is 1.48 bits per heavy atom. The van der Waals surface area contributed by atoms with Crippen LogP contribution in [-0.4, -0.2) is 60.3 Å². The minimum atomic E-state index is -3.67. The van der Waals surface area contributed by atoms with Crippen molar-refractivity contribution in [1.82, 2.24) is 15.3 Å². The molecule has 7 N–H and O–H groups in total. The summed E-state index contributed by atoms with van der Waals surface area (Å²) in [7, 11) is -7.33. The number of carbonyl (C=O) groups excluding carboxylic acids is 1. The summed E-state index contributed by atoms with van der Waals surface area (Å²) in [5, 5.41) is 9.28. The topological polar surface area (TPSA) is 216 Å². The first-order valence-electron chi connectivity index (χ1n) is 7.61. The number of hydrogen-bond donors (Lipinski definition) is 6. The summed E-state index contributed by atoms with van der Waals surface area (Å²) in [5.41, 5.74) is 8.06. The first-order chi connectivity index (χ1) is 13.0. The molecular formula is C15H23N5O7S2. The lowest BCUT2D eigenvalue weighted by atomic mass is 10.1. The third kappa shape index (κ3) is 13.9. The van der Waals surface area contributed by atoms with Gasteiger partial charge in [0.2, 0.25) is 0 Å². The van der Waals surface area contributed by atoms with Crippen LogP contribution in [0.5, 0.6) is 0 Å². The molecule has 1 aromatic carbocycles. The van der Waals surface area contributed by atoms with Crippen LogP contribution in [0.15, 0.2) is 24.3 Å². The Hall–Kier alpha value is -2.81. The van der Waals surface area contributed by atoms with Gasteiger partial charge in [0.25, 0.3) is 26.1 Å². The Balaban J connectivity index is 0.000000653. The number of carbonyl (C=O) groups is 1. The fraction of sp³-hybridized carbons (Fsp3) is 0.267. The number of benzene rings is 1. The monoisotopic (exact) mass is 449 g/mol. The van der Waals surface area contributed by atoms with E-state index in [4.69, 9.17) is 20.2 Å². The Kier molecular flexibility index (Phi) is 9.62. The van der Waals surface area contributed by atoms with Gasteiger partial charge in [0.1, 0.15) is 11.5 Å². The summed E-state index contributed by atoms with van der Waals surface area (Å²) in [6, 6.07) is 7.81. The molecule has 0 aliphatic heterocycles. The normalized spacial score (nSPS) is 10.7. The van der Waals surface area contributed by atoms with Crippen LogP contribution in [-0.2, 0) is 20.2 Å². The van der Waals surface area contributed by atoms with E-state index < -0.39 is 32.1 Å². The Bertz CT molecular complexity index is 1010. The molecule has 14 heteroatoms. The lowest BCUT2D eigenvalue weighted by Crippen LogP contribution is -2.36. The van der Waals surface area contributed by atoms with E-state index in [-0.39, 0.29) is 0 Å². The van der Waals surface area contributed by atoms with Crippen LogP contribution in [0.4, 0.5) is 0 Å². The molecule has 0 spiro atoms. The van der Waals surface area contributed by atoms with Crippen LogP contribution < -0.4 is 11.1 Å². The van der Waals surface area contributed by atoms with Crippen molar-refractivity contribution >= 4 is 32.1 Å². The van der Waals surface area contributed by atoms with Gasteiger partial charge in [-0.25, -0.2) is 4.98 Å². The fourth-order valence-corrected chi connectivity index (χ4v) is 1.71. The van der Waals surface area contributed by atoms with Crippen LogP contribution in [0, 0.1) is 19.3 Å². The van der Waals surface area contributed by atoms with Crippen LogP contribution >= 0.6 is 0 Å². The smallest absolute Gasteiger partial charge is 0.276 e. The second-order valence-corrected chi connectivity index (χ2v) is 8.68. The number of aromatic amines is 1. The molecule has 29 heavy (non-hydrogen) atoms. The average Bonchev–Trinajstić information content (AvgIpc) is 2.86. The van der Waals surface area contributed by atoms with E-state index in [1.54, 1.807) is 6.92 Å². The van der Waals surface area contributed by atoms with Gasteiger partial charge >= 0.3 is 0 Å². The molecule has 0 radical (unpaired) electrons. The van der Waals surface area contributed by atoms with E-state index in [2.05, 4.69) is 15.3 Å². The van der Waals surface area contributed by atoms with E-state index >= 15 is 0 Å². The lowest BCUT2D eigenvalue weighted by Gasteiger charge is -2.00. The Morgan fingerprint density at radius 3 is 1.86 bits per heavy atom. The van der Waals surface area contributed by atoms with Gasteiger partial charge in [-0.1, -0.05) is 29.8 Å². The molecule has 0 atom stereocenters. The van der Waals surface area contributed by atoms with Gasteiger partial charge < -0.3 is 10.7 Å². The largest absolute Gasteiger partial charge is 0.370 e. The maximum absolute atomic E-state index is 11.8. The highest BCUT2D eigenvalue weighted by atomic mass is 32.2. The van der Waals surface area contributed by atoms with Crippen molar-refractivity contribution in [1.29, 1.82) is 5.41 Å². The van der Waals surface area contributed by atoms with E-state index in [0.29, 0.717) is 29.7 Å². The van der Waals surface area contributed by atoms with Gasteiger partial charge in [0.05, 0.1) is 18.2 Å². The maximum atomic E-state index is 11.8. The number of rotatable bonds is 2. The molecule has 1 amide bonds. The molecule has 0 unspecified atom stereocenters. The summed E-state index contributed by atoms with van der Waals surface area (Å²) < 4.78 is 51.7. The quantitative estimate of drug-likeness (QED) is 0.211. The number of imidazole rings is 1. The molecule has 2 aromatic rings. The summed E-state index contributed by atoms with van der Waals surface area (Å²) in [6.07, 6.45) is 1.43. The molecule has 0 bridgehead atoms. The van der Waals surface area contributed by atoms with Crippen LogP contribution in [0.25, 0.3) is 11.4 Å². The highest BCUT2D eigenvalue weighted by Crippen LogP contribution is 2.18. The van der Waals surface area contributed by atoms with Gasteiger partial charge in [-0.2, -0.15) is 16.8 Å². The third-order valence-corrected chi connectivity index (χ3v) is 2.68. The van der Waals surface area contributed by atoms with E-state index in [1.165, 1.54) is 0 Å². The molecule has 12 nitrogen and oxygen atoms in total. The third-order valence-electron chi connectivity index (χ3n) is 2.68. The minimum absolute atomic E-state index is 0.311. The van der Waals surface area contributed by atoms with Crippen molar-refractivity contribution in [3.63, 3.8) is 0 Å². The van der Waals surface area contributed by atoms with Crippen LogP contribution in [0.3, 0.4) is 0 Å². The number of guanidine groups is 1. The number of nitrogens with two attached hydrogens (primary N) is 1. The molecule has 162 valence electrons. The number of amides is 1. The summed E-state index contributed by atoms with van der Waals surface area (Å²) in [6.45, 7) is 3.73. The number of aromatic nitrogens is 2. The average molecular weight is 450 g/mol. The van der Waals surface area contributed by atoms with E-state index in [1.807, 2.05) is 31.2 Å². The standard InChI is InChI=1S/C13H15N5O.2CH4O3S/c1-7-3-5-9(6-4-7)11-16-8(2)10(17-11)12(19)18-13(14)15;2*1-5(2,3)4/h3-6H,1-2H3,(H,16,17)(H4,14,15,18,19);2*1H3,(H,2,3,4).